The number of carbonyl (C=O) groups is 1. The summed E-state index contributed by atoms with van der Waals surface area (Å²) in [6.45, 7) is -0.0445. The molecule has 1 atom stereocenters. The second kappa shape index (κ2) is 7.58. The van der Waals surface area contributed by atoms with E-state index in [4.69, 9.17) is 21.1 Å². The molecular weight excluding hydrogens is 326 g/mol. The Hall–Kier alpha value is -2.20. The molecule has 1 aliphatic rings. The van der Waals surface area contributed by atoms with E-state index in [0.29, 0.717) is 22.4 Å². The third-order valence-corrected chi connectivity index (χ3v) is 4.32. The van der Waals surface area contributed by atoms with E-state index >= 15 is 0 Å². The molecule has 0 spiro atoms. The van der Waals surface area contributed by atoms with Crippen molar-refractivity contribution < 1.29 is 14.3 Å². The molecule has 3 rings (SSSR count). The lowest BCUT2D eigenvalue weighted by molar-refractivity contribution is -0.124. The van der Waals surface area contributed by atoms with Crippen LogP contribution in [0.4, 0.5) is 0 Å². The maximum atomic E-state index is 12.3. The molecule has 1 amide bonds. The zero-order valence-corrected chi connectivity index (χ0v) is 14.3. The standard InChI is InChI=1S/C19H20ClNO3/c1-23-16-4-2-3-5-17(16)24-12-18(22)21-19(13-6-7-13)14-8-10-15(20)11-9-14/h2-5,8-11,13,19H,6-7,12H2,1H3,(H,21,22). The number of amides is 1. The summed E-state index contributed by atoms with van der Waals surface area (Å²) < 4.78 is 10.8. The molecule has 24 heavy (non-hydrogen) atoms. The van der Waals surface area contributed by atoms with Crippen molar-refractivity contribution >= 4 is 17.5 Å². The Morgan fingerprint density at radius 1 is 1.17 bits per heavy atom. The van der Waals surface area contributed by atoms with Gasteiger partial charge in [0.15, 0.2) is 18.1 Å². The largest absolute Gasteiger partial charge is 0.493 e. The summed E-state index contributed by atoms with van der Waals surface area (Å²) in [6.07, 6.45) is 2.25. The molecule has 1 fully saturated rings. The van der Waals surface area contributed by atoms with Crippen molar-refractivity contribution in [2.24, 2.45) is 5.92 Å². The number of rotatable bonds is 7. The second-order valence-corrected chi connectivity index (χ2v) is 6.31. The predicted molar refractivity (Wildman–Crippen MR) is 93.5 cm³/mol. The second-order valence-electron chi connectivity index (χ2n) is 5.87. The van der Waals surface area contributed by atoms with Gasteiger partial charge in [-0.1, -0.05) is 35.9 Å². The molecule has 0 radical (unpaired) electrons. The zero-order chi connectivity index (χ0) is 16.9. The third-order valence-electron chi connectivity index (χ3n) is 4.07. The van der Waals surface area contributed by atoms with Crippen molar-refractivity contribution in [2.75, 3.05) is 13.7 Å². The van der Waals surface area contributed by atoms with Crippen LogP contribution in [0.1, 0.15) is 24.4 Å². The fraction of sp³-hybridized carbons (Fsp3) is 0.316. The van der Waals surface area contributed by atoms with Gasteiger partial charge < -0.3 is 14.8 Å². The van der Waals surface area contributed by atoms with Crippen molar-refractivity contribution in [2.45, 2.75) is 18.9 Å². The van der Waals surface area contributed by atoms with Crippen LogP contribution in [-0.2, 0) is 4.79 Å². The maximum Gasteiger partial charge on any atom is 0.258 e. The smallest absolute Gasteiger partial charge is 0.258 e. The van der Waals surface area contributed by atoms with Crippen LogP contribution in [0.2, 0.25) is 5.02 Å². The third kappa shape index (κ3) is 4.20. The van der Waals surface area contributed by atoms with Gasteiger partial charge in [-0.05, 0) is 48.6 Å². The fourth-order valence-corrected chi connectivity index (χ4v) is 2.80. The molecule has 1 aliphatic carbocycles. The summed E-state index contributed by atoms with van der Waals surface area (Å²) in [5, 5.41) is 3.77. The van der Waals surface area contributed by atoms with Gasteiger partial charge in [0, 0.05) is 5.02 Å². The first-order chi connectivity index (χ1) is 11.7. The molecule has 1 N–H and O–H groups in total. The Bertz CT molecular complexity index is 698. The molecule has 2 aromatic carbocycles. The van der Waals surface area contributed by atoms with Gasteiger partial charge in [0.2, 0.25) is 0 Å². The highest BCUT2D eigenvalue weighted by molar-refractivity contribution is 6.30. The lowest BCUT2D eigenvalue weighted by Crippen LogP contribution is -2.33. The molecule has 0 heterocycles. The molecule has 0 aromatic heterocycles. The normalized spacial score (nSPS) is 14.8. The van der Waals surface area contributed by atoms with Gasteiger partial charge >= 0.3 is 0 Å². The van der Waals surface area contributed by atoms with Gasteiger partial charge in [0.1, 0.15) is 0 Å². The number of halogens is 1. The summed E-state index contributed by atoms with van der Waals surface area (Å²) in [4.78, 5) is 12.3. The Labute approximate surface area is 146 Å². The minimum Gasteiger partial charge on any atom is -0.493 e. The number of benzene rings is 2. The maximum absolute atomic E-state index is 12.3. The van der Waals surface area contributed by atoms with Gasteiger partial charge in [-0.15, -0.1) is 0 Å². The van der Waals surface area contributed by atoms with Crippen LogP contribution in [0, 0.1) is 5.92 Å². The number of carbonyl (C=O) groups excluding carboxylic acids is 1. The highest BCUT2D eigenvalue weighted by Crippen LogP contribution is 2.41. The minimum atomic E-state index is -0.146. The zero-order valence-electron chi connectivity index (χ0n) is 13.5. The SMILES string of the molecule is COc1ccccc1OCC(=O)NC(c1ccc(Cl)cc1)C1CC1. The lowest BCUT2D eigenvalue weighted by Gasteiger charge is -2.19. The summed E-state index contributed by atoms with van der Waals surface area (Å²) >= 11 is 5.94. The first-order valence-corrected chi connectivity index (χ1v) is 8.36. The van der Waals surface area contributed by atoms with Crippen LogP contribution in [-0.4, -0.2) is 19.6 Å². The molecule has 126 valence electrons. The Morgan fingerprint density at radius 3 is 2.46 bits per heavy atom. The van der Waals surface area contributed by atoms with E-state index in [2.05, 4.69) is 5.32 Å². The van der Waals surface area contributed by atoms with E-state index < -0.39 is 0 Å². The lowest BCUT2D eigenvalue weighted by atomic mass is 10.0. The summed E-state index contributed by atoms with van der Waals surface area (Å²) in [5.74, 6) is 1.51. The van der Waals surface area contributed by atoms with Crippen LogP contribution in [0.25, 0.3) is 0 Å². The van der Waals surface area contributed by atoms with Gasteiger partial charge in [-0.2, -0.15) is 0 Å². The van der Waals surface area contributed by atoms with E-state index in [0.717, 1.165) is 18.4 Å². The average molecular weight is 346 g/mol. The number of hydrogen-bond donors (Lipinski definition) is 1. The number of nitrogens with one attached hydrogen (secondary N) is 1. The van der Waals surface area contributed by atoms with Crippen LogP contribution < -0.4 is 14.8 Å². The van der Waals surface area contributed by atoms with Crippen molar-refractivity contribution in [3.8, 4) is 11.5 Å². The highest BCUT2D eigenvalue weighted by atomic mass is 35.5. The monoisotopic (exact) mass is 345 g/mol. The molecule has 0 bridgehead atoms. The Balaban J connectivity index is 1.61. The topological polar surface area (TPSA) is 47.6 Å². The molecule has 1 saturated carbocycles. The summed E-state index contributed by atoms with van der Waals surface area (Å²) in [7, 11) is 1.58. The Morgan fingerprint density at radius 2 is 1.83 bits per heavy atom. The molecule has 4 nitrogen and oxygen atoms in total. The highest BCUT2D eigenvalue weighted by Gasteiger charge is 2.33. The van der Waals surface area contributed by atoms with Gasteiger partial charge in [0.25, 0.3) is 5.91 Å². The van der Waals surface area contributed by atoms with Crippen molar-refractivity contribution in [3.05, 3.63) is 59.1 Å². The van der Waals surface area contributed by atoms with Crippen LogP contribution in [0.15, 0.2) is 48.5 Å². The van der Waals surface area contributed by atoms with E-state index in [9.17, 15) is 4.79 Å². The number of methoxy groups -OCH3 is 1. The van der Waals surface area contributed by atoms with Gasteiger partial charge in [0.05, 0.1) is 13.2 Å². The number of para-hydroxylation sites is 2. The number of ether oxygens (including phenoxy) is 2. The van der Waals surface area contributed by atoms with Gasteiger partial charge in [-0.3, -0.25) is 4.79 Å². The minimum absolute atomic E-state index is 0.0102. The van der Waals surface area contributed by atoms with Crippen molar-refractivity contribution in [3.63, 3.8) is 0 Å². The van der Waals surface area contributed by atoms with E-state index in [1.807, 2.05) is 36.4 Å². The van der Waals surface area contributed by atoms with E-state index in [1.165, 1.54) is 0 Å². The first kappa shape index (κ1) is 16.7. The average Bonchev–Trinajstić information content (AvgIpc) is 3.44. The van der Waals surface area contributed by atoms with Crippen molar-refractivity contribution in [1.29, 1.82) is 0 Å². The molecule has 0 saturated heterocycles. The van der Waals surface area contributed by atoms with Crippen LogP contribution in [0.3, 0.4) is 0 Å². The van der Waals surface area contributed by atoms with Gasteiger partial charge in [-0.25, -0.2) is 0 Å². The fourth-order valence-electron chi connectivity index (χ4n) is 2.67. The van der Waals surface area contributed by atoms with E-state index in [1.54, 1.807) is 19.2 Å². The molecule has 0 aliphatic heterocycles. The quantitative estimate of drug-likeness (QED) is 0.825. The van der Waals surface area contributed by atoms with Crippen LogP contribution >= 0.6 is 11.6 Å². The molecule has 5 heteroatoms. The number of hydrogen-bond acceptors (Lipinski definition) is 3. The van der Waals surface area contributed by atoms with Crippen molar-refractivity contribution in [1.82, 2.24) is 5.32 Å². The molecule has 2 aromatic rings. The molecular formula is C19H20ClNO3. The predicted octanol–water partition coefficient (Wildman–Crippen LogP) is 3.99. The molecule has 1 unspecified atom stereocenters. The summed E-state index contributed by atoms with van der Waals surface area (Å²) in [6, 6.07) is 14.9. The Kier molecular flexibility index (Phi) is 5.26. The van der Waals surface area contributed by atoms with E-state index in [-0.39, 0.29) is 18.6 Å². The van der Waals surface area contributed by atoms with Crippen LogP contribution in [0.5, 0.6) is 11.5 Å². The first-order valence-electron chi connectivity index (χ1n) is 7.98. The summed E-state index contributed by atoms with van der Waals surface area (Å²) in [5.41, 5.74) is 1.08.